The molecule has 10 rings (SSSR count). The molecule has 0 spiro atoms. The van der Waals surface area contributed by atoms with E-state index >= 15 is 0 Å². The van der Waals surface area contributed by atoms with Gasteiger partial charge in [-0.1, -0.05) is 86.5 Å². The van der Waals surface area contributed by atoms with E-state index in [2.05, 4.69) is 40.1 Å². The number of likely N-dealkylation sites (tertiary alicyclic amines) is 1. The molecule has 31 heteroatoms. The van der Waals surface area contributed by atoms with Crippen molar-refractivity contribution in [2.24, 2.45) is 28.6 Å². The normalized spacial score (nSPS) is 25.0. The molecule has 578 valence electrons. The third kappa shape index (κ3) is 20.7. The number of amides is 5. The number of aliphatic hydroxyl groups is 1. The maximum atomic E-state index is 14.9. The number of nitrogens with zero attached hydrogens (tertiary/aromatic N) is 5. The summed E-state index contributed by atoms with van der Waals surface area (Å²) in [5, 5.41) is 29.2. The number of ether oxygens (including phenoxy) is 11. The first-order chi connectivity index (χ1) is 50.7. The molecule has 0 radical (unpaired) electrons. The minimum atomic E-state index is -4.14. The van der Waals surface area contributed by atoms with Gasteiger partial charge in [0.15, 0.2) is 23.5 Å². The first kappa shape index (κ1) is 80.7. The third-order valence-corrected chi connectivity index (χ3v) is 21.8. The van der Waals surface area contributed by atoms with Crippen molar-refractivity contribution in [2.75, 3.05) is 149 Å². The highest BCUT2D eigenvalue weighted by Crippen LogP contribution is 2.70. The average molecular weight is 1490 g/mol. The highest BCUT2D eigenvalue weighted by Gasteiger charge is 2.76. The van der Waals surface area contributed by atoms with Crippen LogP contribution in [0.3, 0.4) is 0 Å². The van der Waals surface area contributed by atoms with Crippen LogP contribution in [0.4, 0.5) is 5.69 Å². The first-order valence-corrected chi connectivity index (χ1v) is 38.5. The highest BCUT2D eigenvalue weighted by molar-refractivity contribution is 7.85. The van der Waals surface area contributed by atoms with Gasteiger partial charge in [0, 0.05) is 73.2 Å². The van der Waals surface area contributed by atoms with E-state index in [0.29, 0.717) is 123 Å². The van der Waals surface area contributed by atoms with Crippen LogP contribution in [0.5, 0.6) is 0 Å². The van der Waals surface area contributed by atoms with Gasteiger partial charge in [-0.3, -0.25) is 38.1 Å². The Kier molecular flexibility index (Phi) is 29.8. The number of carbonyl (C=O) groups excluding carboxylic acids is 7. The number of hydrogen-bond acceptors (Lipinski definition) is 23. The lowest BCUT2D eigenvalue weighted by atomic mass is 9.46. The minimum Gasteiger partial charge on any atom is -0.393 e. The molecule has 3 saturated carbocycles. The Morgan fingerprint density at radius 1 is 0.714 bits per heavy atom. The molecule has 10 atom stereocenters. The molecule has 3 aliphatic heterocycles. The number of anilines is 1. The van der Waals surface area contributed by atoms with Crippen LogP contribution in [0.25, 0.3) is 22.5 Å². The smallest absolute Gasteiger partial charge is 0.266 e. The lowest BCUT2D eigenvalue weighted by Crippen LogP contribution is -2.63. The fourth-order valence-electron chi connectivity index (χ4n) is 16.2. The number of aromatic nitrogens is 3. The summed E-state index contributed by atoms with van der Waals surface area (Å²) in [5.74, 6) is -2.42. The summed E-state index contributed by atoms with van der Waals surface area (Å²) in [5.41, 5.74) is 3.02. The third-order valence-electron chi connectivity index (χ3n) is 21.1. The van der Waals surface area contributed by atoms with Crippen molar-refractivity contribution in [3.8, 4) is 22.5 Å². The molecule has 2 aromatic carbocycles. The maximum Gasteiger partial charge on any atom is 0.266 e. The van der Waals surface area contributed by atoms with Gasteiger partial charge in [0.05, 0.1) is 155 Å². The number of allylic oxidation sites excluding steroid dienone is 4. The second kappa shape index (κ2) is 38.8. The lowest BCUT2D eigenvalue weighted by molar-refractivity contribution is -0.203. The zero-order valence-electron chi connectivity index (χ0n) is 60.6. The lowest BCUT2D eigenvalue weighted by Gasteiger charge is -2.59. The van der Waals surface area contributed by atoms with Crippen molar-refractivity contribution in [1.82, 2.24) is 35.8 Å². The number of aliphatic hydroxyl groups excluding tert-OH is 1. The maximum absolute atomic E-state index is 14.9. The number of hydrogen-bond donors (Lipinski definition) is 5. The van der Waals surface area contributed by atoms with Crippen LogP contribution in [0.2, 0.25) is 0 Å². The monoisotopic (exact) mass is 1490 g/mol. The molecule has 105 heavy (non-hydrogen) atoms. The molecule has 30 nitrogen and oxygen atoms in total. The van der Waals surface area contributed by atoms with Crippen molar-refractivity contribution in [3.05, 3.63) is 77.9 Å². The van der Waals surface area contributed by atoms with Gasteiger partial charge in [0.2, 0.25) is 29.5 Å². The molecular formula is C74H104N8O22S. The van der Waals surface area contributed by atoms with Crippen molar-refractivity contribution >= 4 is 56.9 Å². The van der Waals surface area contributed by atoms with E-state index in [1.807, 2.05) is 61.5 Å². The highest BCUT2D eigenvalue weighted by atomic mass is 32.2. The van der Waals surface area contributed by atoms with Crippen LogP contribution in [0, 0.1) is 28.6 Å². The van der Waals surface area contributed by atoms with Crippen LogP contribution in [0.1, 0.15) is 103 Å². The van der Waals surface area contributed by atoms with E-state index in [9.17, 15) is 47.1 Å². The van der Waals surface area contributed by atoms with Gasteiger partial charge in [-0.25, -0.2) is 4.68 Å². The molecule has 4 heterocycles. The van der Waals surface area contributed by atoms with E-state index in [-0.39, 0.29) is 157 Å². The average Bonchev–Trinajstić information content (AvgIpc) is 1.56. The van der Waals surface area contributed by atoms with Gasteiger partial charge in [0.1, 0.15) is 18.5 Å². The van der Waals surface area contributed by atoms with E-state index in [4.69, 9.17) is 56.7 Å². The van der Waals surface area contributed by atoms with Crippen molar-refractivity contribution < 1.29 is 104 Å². The topological polar surface area (TPSA) is 369 Å². The van der Waals surface area contributed by atoms with Crippen molar-refractivity contribution in [2.45, 2.75) is 141 Å². The van der Waals surface area contributed by atoms with E-state index in [0.717, 1.165) is 47.2 Å². The number of fused-ring (bicyclic) bond motifs is 12. The van der Waals surface area contributed by atoms with Crippen molar-refractivity contribution in [1.29, 1.82) is 0 Å². The number of para-hydroxylation sites is 1. The van der Waals surface area contributed by atoms with Gasteiger partial charge < -0.3 is 83.0 Å². The number of rotatable bonds is 44. The summed E-state index contributed by atoms with van der Waals surface area (Å²) in [6, 6.07) is 15.3. The Bertz CT molecular complexity index is 3630. The standard InChI is InChI=1S/C74H104N8O22S/c1-4-10-68-103-61-46-57-55-17-16-52-45-53(83)20-23-72(52,2)69(55)59(84)47-73(57,3)74(61,104-68)60(85)50-102-67-15-9-26-80(67)66(90)48-77-64(88)22-29-95-33-37-99-40-42-100-38-34-96-30-24-75-62(86)18-19-65(89)81-49-51-11-5-6-12-54(51)71-70(56-13-7-8-14-58(56)81)78-79-82(71)27-31-97-35-39-101-43-41-98-36-32-94-28-21-63(87)76-25-44-105(91,92)93/h5-8,11-14,20,23,45,55,57,59,61,67-69,84H,4,9-10,15-19,21-22,24-44,46-50H2,1-3H3,(H,75,86)(H,76,87)(H,77,88)(H,91,92,93)/t55-,57-,59-,61+,67?,68?,69+,72-,73-,74+/m0/s1. The fraction of sp³-hybridized carbons (Fsp3) is 0.662. The second-order valence-electron chi connectivity index (χ2n) is 27.9. The van der Waals surface area contributed by atoms with Gasteiger partial charge in [0.25, 0.3) is 10.1 Å². The Morgan fingerprint density at radius 2 is 1.32 bits per heavy atom. The SMILES string of the molecule is CCCC1O[C@@H]2C[C@H]3[C@@H]4CCC5=CC(=O)C=C[C@]5(C)[C@H]4[C@@H](O)C[C@]3(C)[C@]2(C(=O)COC2CCCN2C(=O)CNC(=O)CCOCCOCCOCCOCCNC(=O)CCC(=O)N2Cc3ccccc3-c3c(nnn3CCOCCOCCOCCOCCC(=O)NCCS(=O)(=O)O)-c3ccccc32)O1. The van der Waals surface area contributed by atoms with Gasteiger partial charge >= 0.3 is 0 Å². The summed E-state index contributed by atoms with van der Waals surface area (Å²) in [7, 11) is -4.14. The number of nitrogens with one attached hydrogen (secondary N) is 3. The zero-order chi connectivity index (χ0) is 74.4. The number of ketones is 2. The number of benzene rings is 2. The summed E-state index contributed by atoms with van der Waals surface area (Å²) in [4.78, 5) is 95.5. The minimum absolute atomic E-state index is 0.0234. The van der Waals surface area contributed by atoms with E-state index in [1.165, 1.54) is 0 Å². The largest absolute Gasteiger partial charge is 0.393 e. The zero-order valence-corrected chi connectivity index (χ0v) is 61.4. The predicted molar refractivity (Wildman–Crippen MR) is 379 cm³/mol. The Hall–Kier alpha value is -6.82. The van der Waals surface area contributed by atoms with Gasteiger partial charge in [-0.2, -0.15) is 8.42 Å². The molecule has 2 unspecified atom stereocenters. The molecular weight excluding hydrogens is 1380 g/mol. The second-order valence-corrected chi connectivity index (χ2v) is 29.5. The summed E-state index contributed by atoms with van der Waals surface area (Å²) in [6.07, 6.45) is 7.96. The van der Waals surface area contributed by atoms with Crippen LogP contribution >= 0.6 is 0 Å². The molecule has 5 N–H and O–H groups in total. The molecule has 0 bridgehead atoms. The number of Topliss-reactive ketones (excluding diaryl/α,β-unsaturated/α-hetero) is 1. The Balaban J connectivity index is 0.540. The van der Waals surface area contributed by atoms with Crippen LogP contribution in [0.15, 0.2) is 72.3 Å². The Morgan fingerprint density at radius 3 is 2.00 bits per heavy atom. The van der Waals surface area contributed by atoms with Crippen LogP contribution in [-0.2, 0) is 109 Å². The molecule has 3 aromatic rings. The molecule has 1 aromatic heterocycles. The summed E-state index contributed by atoms with van der Waals surface area (Å²) in [6.45, 7) is 11.3. The molecule has 7 aliphatic rings. The van der Waals surface area contributed by atoms with E-state index in [1.54, 1.807) is 26.6 Å². The molecule has 5 amide bonds. The fourth-order valence-corrected chi connectivity index (χ4v) is 16.5. The molecule has 5 fully saturated rings. The summed E-state index contributed by atoms with van der Waals surface area (Å²) >= 11 is 0. The van der Waals surface area contributed by atoms with Crippen LogP contribution in [-0.4, -0.2) is 254 Å². The summed E-state index contributed by atoms with van der Waals surface area (Å²) < 4.78 is 96.6. The molecule has 2 saturated heterocycles. The van der Waals surface area contributed by atoms with Gasteiger partial charge in [-0.05, 0) is 80.6 Å². The Labute approximate surface area is 613 Å². The first-order valence-electron chi connectivity index (χ1n) is 36.9. The van der Waals surface area contributed by atoms with Gasteiger partial charge in [-0.15, -0.1) is 5.10 Å². The predicted octanol–water partition coefficient (Wildman–Crippen LogP) is 4.09. The van der Waals surface area contributed by atoms with E-state index < -0.39 is 57.0 Å². The van der Waals surface area contributed by atoms with Crippen molar-refractivity contribution in [3.63, 3.8) is 0 Å². The number of carbonyl (C=O) groups is 7. The molecule has 4 aliphatic carbocycles. The van der Waals surface area contributed by atoms with Crippen LogP contribution < -0.4 is 20.9 Å². The quantitative estimate of drug-likeness (QED) is 0.0393.